The number of hydrogen-bond donors (Lipinski definition) is 10. The first kappa shape index (κ1) is 32.8. The number of carbonyl (C=O) groups excluding carboxylic acids is 2. The molecular weight excluding hydrogens is 508 g/mol. The molecule has 10 atom stereocenters. The van der Waals surface area contributed by atoms with E-state index in [2.05, 4.69) is 10.6 Å². The summed E-state index contributed by atoms with van der Waals surface area (Å²) in [5.74, 6) is -0.729. The van der Waals surface area contributed by atoms with Gasteiger partial charge in [-0.2, -0.15) is 0 Å². The molecule has 0 aliphatic carbocycles. The summed E-state index contributed by atoms with van der Waals surface area (Å²) in [6, 6.07) is 0. The molecule has 0 aromatic carbocycles. The zero-order valence-corrected chi connectivity index (χ0v) is 21.5. The van der Waals surface area contributed by atoms with Gasteiger partial charge >= 0.3 is 0 Å². The Balaban J connectivity index is 1.48. The summed E-state index contributed by atoms with van der Waals surface area (Å²) in [4.78, 5) is 24.2. The van der Waals surface area contributed by atoms with Crippen LogP contribution in [0.1, 0.15) is 64.2 Å². The van der Waals surface area contributed by atoms with Crippen LogP contribution in [0.3, 0.4) is 0 Å². The van der Waals surface area contributed by atoms with Crippen molar-refractivity contribution >= 4 is 11.8 Å². The van der Waals surface area contributed by atoms with Crippen molar-refractivity contribution in [3.63, 3.8) is 0 Å². The van der Waals surface area contributed by atoms with Crippen LogP contribution in [0.25, 0.3) is 0 Å². The molecular formula is C24H44N2O12. The molecule has 0 bridgehead atoms. The SMILES string of the molecule is O=C(CCCCCCCCCCC(=O)N[C@@H]1O[C@H](CO)[C@H](O)[C@H](O)[C@H]1O)N[C@@H]1O[C@H](CO)[C@H](O)[C@H](O)[C@H]1O. The zero-order chi connectivity index (χ0) is 28.2. The number of rotatable bonds is 15. The molecule has 0 aromatic rings. The highest BCUT2D eigenvalue weighted by molar-refractivity contribution is 5.76. The van der Waals surface area contributed by atoms with Crippen LogP contribution in [0.2, 0.25) is 0 Å². The Morgan fingerprint density at radius 1 is 0.500 bits per heavy atom. The second kappa shape index (κ2) is 16.6. The molecule has 2 amide bonds. The molecule has 2 fully saturated rings. The van der Waals surface area contributed by atoms with Crippen LogP contribution in [-0.2, 0) is 19.1 Å². The third-order valence-corrected chi connectivity index (χ3v) is 6.95. The summed E-state index contributed by atoms with van der Waals surface area (Å²) >= 11 is 0. The molecule has 10 N–H and O–H groups in total. The maximum absolute atomic E-state index is 12.1. The number of hydrogen-bond acceptors (Lipinski definition) is 12. The summed E-state index contributed by atoms with van der Waals surface area (Å²) in [5.41, 5.74) is 0. The lowest BCUT2D eigenvalue weighted by molar-refractivity contribution is -0.236. The number of amides is 2. The van der Waals surface area contributed by atoms with Gasteiger partial charge in [-0.15, -0.1) is 0 Å². The van der Waals surface area contributed by atoms with Crippen molar-refractivity contribution in [1.82, 2.24) is 10.6 Å². The van der Waals surface area contributed by atoms with Crippen LogP contribution in [0, 0.1) is 0 Å². The summed E-state index contributed by atoms with van der Waals surface area (Å²) in [7, 11) is 0. The quantitative estimate of drug-likeness (QED) is 0.0900. The molecule has 2 aliphatic heterocycles. The van der Waals surface area contributed by atoms with Gasteiger partial charge in [0.25, 0.3) is 0 Å². The lowest BCUT2D eigenvalue weighted by Gasteiger charge is -2.40. The monoisotopic (exact) mass is 552 g/mol. The first-order chi connectivity index (χ1) is 18.1. The standard InChI is InChI=1S/C24H44N2O12/c27-11-13-17(31)19(33)21(35)23(37-13)25-15(29)9-7-5-3-1-2-4-6-8-10-16(30)26-24-22(36)20(34)18(32)14(12-28)38-24/h13-14,17-24,27-28,31-36H,1-12H2,(H,25,29)(H,26,30)/t13-,14-,17+,18+,19+,20+,21-,22-,23-,24-/m1/s1. The predicted octanol–water partition coefficient (Wildman–Crippen LogP) is -3.28. The molecule has 0 saturated carbocycles. The normalized spacial score (nSPS) is 35.6. The van der Waals surface area contributed by atoms with Crippen molar-refractivity contribution in [2.45, 2.75) is 125 Å². The maximum atomic E-state index is 12.1. The van der Waals surface area contributed by atoms with E-state index in [1.165, 1.54) is 0 Å². The van der Waals surface area contributed by atoms with E-state index >= 15 is 0 Å². The second-order valence-corrected chi connectivity index (χ2v) is 9.96. The third-order valence-electron chi connectivity index (χ3n) is 6.95. The fourth-order valence-electron chi connectivity index (χ4n) is 4.53. The Hall–Kier alpha value is -1.46. The number of nitrogens with one attached hydrogen (secondary N) is 2. The average Bonchev–Trinajstić information content (AvgIpc) is 2.90. The Labute approximate surface area is 221 Å². The van der Waals surface area contributed by atoms with Crippen LogP contribution >= 0.6 is 0 Å². The minimum atomic E-state index is -1.54. The van der Waals surface area contributed by atoms with E-state index in [0.717, 1.165) is 38.5 Å². The fourth-order valence-corrected chi connectivity index (χ4v) is 4.53. The molecule has 0 radical (unpaired) electrons. The molecule has 14 nitrogen and oxygen atoms in total. The van der Waals surface area contributed by atoms with Gasteiger partial charge in [-0.05, 0) is 12.8 Å². The lowest BCUT2D eigenvalue weighted by atomic mass is 9.98. The Morgan fingerprint density at radius 2 is 0.816 bits per heavy atom. The fraction of sp³-hybridized carbons (Fsp3) is 0.917. The van der Waals surface area contributed by atoms with Gasteiger partial charge in [0, 0.05) is 12.8 Å². The number of aliphatic hydroxyl groups excluding tert-OH is 8. The van der Waals surface area contributed by atoms with Gasteiger partial charge in [-0.25, -0.2) is 0 Å². The van der Waals surface area contributed by atoms with E-state index in [0.29, 0.717) is 12.8 Å². The van der Waals surface area contributed by atoms with Gasteiger partial charge in [-0.1, -0.05) is 38.5 Å². The molecule has 0 aromatic heterocycles. The molecule has 2 aliphatic rings. The largest absolute Gasteiger partial charge is 0.394 e. The number of carbonyl (C=O) groups is 2. The highest BCUT2D eigenvalue weighted by Gasteiger charge is 2.45. The third kappa shape index (κ3) is 9.62. The molecule has 14 heteroatoms. The molecule has 2 saturated heterocycles. The highest BCUT2D eigenvalue weighted by Crippen LogP contribution is 2.21. The Kier molecular flexibility index (Phi) is 14.3. The van der Waals surface area contributed by atoms with Crippen LogP contribution < -0.4 is 10.6 Å². The molecule has 0 unspecified atom stereocenters. The van der Waals surface area contributed by atoms with Crippen LogP contribution in [0.5, 0.6) is 0 Å². The van der Waals surface area contributed by atoms with E-state index in [4.69, 9.17) is 9.47 Å². The summed E-state index contributed by atoms with van der Waals surface area (Å²) < 4.78 is 10.5. The van der Waals surface area contributed by atoms with Gasteiger partial charge in [-0.3, -0.25) is 9.59 Å². The number of unbranched alkanes of at least 4 members (excludes halogenated alkanes) is 7. The molecule has 2 heterocycles. The predicted molar refractivity (Wildman–Crippen MR) is 130 cm³/mol. The second-order valence-electron chi connectivity index (χ2n) is 9.96. The van der Waals surface area contributed by atoms with Gasteiger partial charge in [0.05, 0.1) is 13.2 Å². The van der Waals surface area contributed by atoms with E-state index in [-0.39, 0.29) is 24.7 Å². The van der Waals surface area contributed by atoms with Gasteiger partial charge in [0.1, 0.15) is 48.8 Å². The van der Waals surface area contributed by atoms with E-state index < -0.39 is 74.5 Å². The lowest BCUT2D eigenvalue weighted by Crippen LogP contribution is -2.63. The molecule has 222 valence electrons. The summed E-state index contributed by atoms with van der Waals surface area (Å²) in [5, 5.41) is 82.3. The minimum absolute atomic E-state index is 0.207. The van der Waals surface area contributed by atoms with Crippen LogP contribution in [0.15, 0.2) is 0 Å². The van der Waals surface area contributed by atoms with Gasteiger partial charge in [0.15, 0.2) is 12.5 Å². The van der Waals surface area contributed by atoms with Crippen LogP contribution in [0.4, 0.5) is 0 Å². The topological polar surface area (TPSA) is 238 Å². The van der Waals surface area contributed by atoms with Crippen molar-refractivity contribution in [1.29, 1.82) is 0 Å². The number of ether oxygens (including phenoxy) is 2. The number of aliphatic hydroxyl groups is 8. The smallest absolute Gasteiger partial charge is 0.222 e. The Morgan fingerprint density at radius 3 is 1.13 bits per heavy atom. The van der Waals surface area contributed by atoms with Crippen molar-refractivity contribution < 1.29 is 59.9 Å². The molecule has 2 rings (SSSR count). The van der Waals surface area contributed by atoms with Crippen molar-refractivity contribution in [3.8, 4) is 0 Å². The van der Waals surface area contributed by atoms with Crippen molar-refractivity contribution in [3.05, 3.63) is 0 Å². The molecule has 38 heavy (non-hydrogen) atoms. The summed E-state index contributed by atoms with van der Waals surface area (Å²) in [6.07, 6.45) is -6.52. The maximum Gasteiger partial charge on any atom is 0.222 e. The summed E-state index contributed by atoms with van der Waals surface area (Å²) in [6.45, 7) is -1.13. The van der Waals surface area contributed by atoms with E-state index in [1.54, 1.807) is 0 Å². The Bertz CT molecular complexity index is 654. The zero-order valence-electron chi connectivity index (χ0n) is 21.5. The van der Waals surface area contributed by atoms with Crippen molar-refractivity contribution in [2.24, 2.45) is 0 Å². The van der Waals surface area contributed by atoms with Gasteiger partial charge in [0.2, 0.25) is 11.8 Å². The van der Waals surface area contributed by atoms with E-state index in [9.17, 15) is 50.4 Å². The van der Waals surface area contributed by atoms with Crippen LogP contribution in [-0.4, -0.2) is 127 Å². The van der Waals surface area contributed by atoms with Gasteiger partial charge < -0.3 is 61.0 Å². The average molecular weight is 553 g/mol. The van der Waals surface area contributed by atoms with Crippen molar-refractivity contribution in [2.75, 3.05) is 13.2 Å². The van der Waals surface area contributed by atoms with E-state index in [1.807, 2.05) is 0 Å². The first-order valence-corrected chi connectivity index (χ1v) is 13.3. The first-order valence-electron chi connectivity index (χ1n) is 13.3. The molecule has 0 spiro atoms. The minimum Gasteiger partial charge on any atom is -0.394 e. The highest BCUT2D eigenvalue weighted by atomic mass is 16.6.